The molecule has 5 rings (SSSR count). The van der Waals surface area contributed by atoms with Crippen molar-refractivity contribution in [3.05, 3.63) is 76.1 Å². The van der Waals surface area contributed by atoms with Crippen molar-refractivity contribution in [1.82, 2.24) is 33.1 Å². The van der Waals surface area contributed by atoms with Gasteiger partial charge in [-0.15, -0.1) is 0 Å². The molecule has 0 radical (unpaired) electrons. The average molecular weight is 389 g/mol. The lowest BCUT2D eigenvalue weighted by Crippen LogP contribution is -2.28. The summed E-state index contributed by atoms with van der Waals surface area (Å²) in [5.41, 5.74) is 1.83. The van der Waals surface area contributed by atoms with Crippen LogP contribution in [0, 0.1) is 0 Å². The summed E-state index contributed by atoms with van der Waals surface area (Å²) in [5.74, 6) is 0.635. The summed E-state index contributed by atoms with van der Waals surface area (Å²) in [6, 6.07) is 9.99. The van der Waals surface area contributed by atoms with Crippen molar-refractivity contribution in [3.8, 4) is 11.3 Å². The van der Waals surface area contributed by atoms with Crippen LogP contribution < -0.4 is 11.2 Å². The minimum absolute atomic E-state index is 0.368. The number of aryl methyl sites for hydroxylation is 3. The van der Waals surface area contributed by atoms with E-state index in [1.807, 2.05) is 47.3 Å². The molecule has 29 heavy (non-hydrogen) atoms. The Kier molecular flexibility index (Phi) is 3.94. The summed E-state index contributed by atoms with van der Waals surface area (Å²) in [6.07, 6.45) is 8.26. The van der Waals surface area contributed by atoms with E-state index in [-0.39, 0.29) is 0 Å². The lowest BCUT2D eigenvalue weighted by atomic mass is 10.1. The Hall–Kier alpha value is -3.88. The Morgan fingerprint density at radius 3 is 2.69 bits per heavy atom. The second kappa shape index (κ2) is 6.62. The highest BCUT2D eigenvalue weighted by atomic mass is 16.2. The third-order valence-corrected chi connectivity index (χ3v) is 5.14. The van der Waals surface area contributed by atoms with Crippen molar-refractivity contribution in [3.63, 3.8) is 0 Å². The van der Waals surface area contributed by atoms with Crippen LogP contribution in [0.25, 0.3) is 28.2 Å². The summed E-state index contributed by atoms with van der Waals surface area (Å²) < 4.78 is 7.25. The maximum Gasteiger partial charge on any atom is 0.329 e. The minimum atomic E-state index is -0.474. The molecule has 9 nitrogen and oxygen atoms in total. The van der Waals surface area contributed by atoms with Crippen LogP contribution in [0.4, 0.5) is 0 Å². The average Bonchev–Trinajstić information content (AvgIpc) is 3.43. The van der Waals surface area contributed by atoms with Crippen LogP contribution >= 0.6 is 0 Å². The van der Waals surface area contributed by atoms with Crippen LogP contribution in [-0.4, -0.2) is 33.1 Å². The SMILES string of the molecule is Cn1c(=O)[nH]c(=O)c2c1nc1n(CCCn3ccnc3)c(-c3ccccc3)cn21. The van der Waals surface area contributed by atoms with Gasteiger partial charge in [-0.3, -0.25) is 18.7 Å². The van der Waals surface area contributed by atoms with E-state index in [0.717, 1.165) is 24.2 Å². The van der Waals surface area contributed by atoms with Gasteiger partial charge < -0.3 is 9.13 Å². The highest BCUT2D eigenvalue weighted by molar-refractivity contribution is 5.77. The number of aromatic nitrogens is 7. The Labute approximate surface area is 164 Å². The first-order chi connectivity index (χ1) is 14.1. The van der Waals surface area contributed by atoms with E-state index in [2.05, 4.69) is 19.5 Å². The topological polar surface area (TPSA) is 94.9 Å². The Morgan fingerprint density at radius 2 is 1.93 bits per heavy atom. The number of H-pyrrole nitrogens is 1. The standard InChI is InChI=1S/C20H19N7O2/c1-24-17-16(18(28)23-20(24)29)27-12-15(14-6-3-2-4-7-14)26(19(27)22-17)10-5-9-25-11-8-21-13-25/h2-4,6-8,11-13H,5,9-10H2,1H3,(H,23,28,29). The molecule has 0 aliphatic carbocycles. The van der Waals surface area contributed by atoms with Crippen molar-refractivity contribution in [2.75, 3.05) is 0 Å². The quantitative estimate of drug-likeness (QED) is 0.494. The molecule has 9 heteroatoms. The molecule has 5 aromatic rings. The number of benzene rings is 1. The van der Waals surface area contributed by atoms with Crippen molar-refractivity contribution < 1.29 is 0 Å². The normalized spacial score (nSPS) is 11.6. The number of rotatable bonds is 5. The van der Waals surface area contributed by atoms with E-state index in [1.165, 1.54) is 4.57 Å². The summed E-state index contributed by atoms with van der Waals surface area (Å²) in [6.45, 7) is 1.52. The van der Waals surface area contributed by atoms with Crippen molar-refractivity contribution in [1.29, 1.82) is 0 Å². The van der Waals surface area contributed by atoms with E-state index >= 15 is 0 Å². The van der Waals surface area contributed by atoms with Crippen molar-refractivity contribution in [2.24, 2.45) is 7.05 Å². The molecule has 1 N–H and O–H groups in total. The predicted octanol–water partition coefficient (Wildman–Crippen LogP) is 1.63. The summed E-state index contributed by atoms with van der Waals surface area (Å²) in [4.78, 5) is 35.6. The van der Waals surface area contributed by atoms with Gasteiger partial charge in [0.1, 0.15) is 0 Å². The molecular weight excluding hydrogens is 370 g/mol. The molecule has 0 aliphatic rings. The van der Waals surface area contributed by atoms with Crippen LogP contribution in [-0.2, 0) is 20.1 Å². The number of aromatic amines is 1. The van der Waals surface area contributed by atoms with E-state index in [0.29, 0.717) is 23.5 Å². The number of hydrogen-bond donors (Lipinski definition) is 1. The van der Waals surface area contributed by atoms with Gasteiger partial charge >= 0.3 is 5.69 Å². The fourth-order valence-corrected chi connectivity index (χ4v) is 3.69. The molecule has 4 aromatic heterocycles. The van der Waals surface area contributed by atoms with Gasteiger partial charge in [0.2, 0.25) is 5.78 Å². The maximum absolute atomic E-state index is 12.5. The molecule has 0 spiro atoms. The second-order valence-electron chi connectivity index (χ2n) is 6.96. The van der Waals surface area contributed by atoms with Gasteiger partial charge in [-0.2, -0.15) is 4.98 Å². The molecule has 0 atom stereocenters. The van der Waals surface area contributed by atoms with Gasteiger partial charge in [-0.25, -0.2) is 9.78 Å². The number of nitrogens with zero attached hydrogens (tertiary/aromatic N) is 6. The number of imidazole rings is 3. The second-order valence-corrected chi connectivity index (χ2v) is 6.96. The summed E-state index contributed by atoms with van der Waals surface area (Å²) >= 11 is 0. The molecule has 0 amide bonds. The number of fused-ring (bicyclic) bond motifs is 3. The Morgan fingerprint density at radius 1 is 1.10 bits per heavy atom. The lowest BCUT2D eigenvalue weighted by Gasteiger charge is -2.09. The zero-order chi connectivity index (χ0) is 20.0. The largest absolute Gasteiger partial charge is 0.337 e. The van der Waals surface area contributed by atoms with Gasteiger partial charge in [0.05, 0.1) is 12.0 Å². The highest BCUT2D eigenvalue weighted by Gasteiger charge is 2.19. The molecule has 146 valence electrons. The van der Waals surface area contributed by atoms with Gasteiger partial charge in [-0.05, 0) is 12.0 Å². The molecule has 4 heterocycles. The number of nitrogens with one attached hydrogen (secondary N) is 1. The van der Waals surface area contributed by atoms with E-state index in [4.69, 9.17) is 0 Å². The first-order valence-corrected chi connectivity index (χ1v) is 9.35. The minimum Gasteiger partial charge on any atom is -0.337 e. The molecular formula is C20H19N7O2. The molecule has 0 bridgehead atoms. The van der Waals surface area contributed by atoms with E-state index < -0.39 is 11.2 Å². The third kappa shape index (κ3) is 2.78. The smallest absolute Gasteiger partial charge is 0.329 e. The fraction of sp³-hybridized carbons (Fsp3) is 0.200. The van der Waals surface area contributed by atoms with Crippen LogP contribution in [0.1, 0.15) is 6.42 Å². The zero-order valence-electron chi connectivity index (χ0n) is 15.8. The molecule has 0 saturated carbocycles. The van der Waals surface area contributed by atoms with Crippen LogP contribution in [0.15, 0.2) is 64.8 Å². The van der Waals surface area contributed by atoms with Gasteiger partial charge in [-0.1, -0.05) is 30.3 Å². The Balaban J connectivity index is 1.69. The highest BCUT2D eigenvalue weighted by Crippen LogP contribution is 2.25. The molecule has 1 aromatic carbocycles. The lowest BCUT2D eigenvalue weighted by molar-refractivity contribution is 0.572. The first-order valence-electron chi connectivity index (χ1n) is 9.35. The molecule has 0 saturated heterocycles. The summed E-state index contributed by atoms with van der Waals surface area (Å²) in [5, 5.41) is 0. The van der Waals surface area contributed by atoms with Gasteiger partial charge in [0, 0.05) is 38.7 Å². The van der Waals surface area contributed by atoms with Crippen LogP contribution in [0.2, 0.25) is 0 Å². The van der Waals surface area contributed by atoms with Gasteiger partial charge in [0.15, 0.2) is 11.2 Å². The van der Waals surface area contributed by atoms with E-state index in [1.54, 1.807) is 24.0 Å². The molecule has 0 fully saturated rings. The van der Waals surface area contributed by atoms with Crippen LogP contribution in [0.5, 0.6) is 0 Å². The monoisotopic (exact) mass is 389 g/mol. The first kappa shape index (κ1) is 17.2. The summed E-state index contributed by atoms with van der Waals surface area (Å²) in [7, 11) is 1.61. The third-order valence-electron chi connectivity index (χ3n) is 5.14. The maximum atomic E-state index is 12.5. The van der Waals surface area contributed by atoms with Crippen LogP contribution in [0.3, 0.4) is 0 Å². The van der Waals surface area contributed by atoms with Crippen molar-refractivity contribution in [2.45, 2.75) is 19.5 Å². The number of hydrogen-bond acceptors (Lipinski definition) is 4. The fourth-order valence-electron chi connectivity index (χ4n) is 3.69. The van der Waals surface area contributed by atoms with Gasteiger partial charge in [0.25, 0.3) is 5.56 Å². The predicted molar refractivity (Wildman–Crippen MR) is 109 cm³/mol. The molecule has 0 unspecified atom stereocenters. The Bertz CT molecular complexity index is 1420. The molecule has 0 aliphatic heterocycles. The van der Waals surface area contributed by atoms with Crippen molar-refractivity contribution >= 4 is 16.9 Å². The van der Waals surface area contributed by atoms with E-state index in [9.17, 15) is 9.59 Å². The zero-order valence-corrected chi connectivity index (χ0v) is 15.8.